The number of nitrogens with zero attached hydrogens (tertiary/aromatic N) is 5. The van der Waals surface area contributed by atoms with Crippen molar-refractivity contribution in [3.63, 3.8) is 0 Å². The van der Waals surface area contributed by atoms with Crippen molar-refractivity contribution in [3.05, 3.63) is 31.0 Å². The highest BCUT2D eigenvalue weighted by molar-refractivity contribution is 7.89. The highest BCUT2D eigenvalue weighted by Gasteiger charge is 2.27. The number of aryl methyl sites for hydroxylation is 1. The van der Waals surface area contributed by atoms with Crippen molar-refractivity contribution >= 4 is 16.0 Å². The van der Waals surface area contributed by atoms with Crippen LogP contribution in [0.25, 0.3) is 0 Å². The van der Waals surface area contributed by atoms with E-state index in [0.717, 1.165) is 19.4 Å². The second-order valence-electron chi connectivity index (χ2n) is 5.50. The number of nitrogens with one attached hydrogen (secondary N) is 1. The van der Waals surface area contributed by atoms with Gasteiger partial charge in [-0.3, -0.25) is 0 Å². The van der Waals surface area contributed by atoms with Crippen molar-refractivity contribution in [2.45, 2.75) is 37.4 Å². The Morgan fingerprint density at radius 2 is 2.09 bits per heavy atom. The molecule has 124 valence electrons. The smallest absolute Gasteiger partial charge is 0.259 e. The summed E-state index contributed by atoms with van der Waals surface area (Å²) in [6.07, 6.45) is 8.12. The van der Waals surface area contributed by atoms with Crippen molar-refractivity contribution < 1.29 is 8.42 Å². The van der Waals surface area contributed by atoms with Gasteiger partial charge in [0.1, 0.15) is 0 Å². The molecule has 1 aliphatic heterocycles. The predicted molar refractivity (Wildman–Crippen MR) is 85.5 cm³/mol. The zero-order valence-electron chi connectivity index (χ0n) is 13.0. The monoisotopic (exact) mass is 336 g/mol. The van der Waals surface area contributed by atoms with Gasteiger partial charge < -0.3 is 9.47 Å². The average molecular weight is 336 g/mol. The normalized spacial score (nSPS) is 19.0. The molecule has 1 N–H and O–H groups in total. The minimum atomic E-state index is -3.60. The summed E-state index contributed by atoms with van der Waals surface area (Å²) in [6, 6.07) is 1.59. The van der Waals surface area contributed by atoms with Crippen molar-refractivity contribution in [1.29, 1.82) is 0 Å². The van der Waals surface area contributed by atoms with E-state index in [1.807, 2.05) is 11.8 Å². The van der Waals surface area contributed by atoms with Crippen LogP contribution in [0, 0.1) is 0 Å². The molecule has 0 spiro atoms. The maximum absolute atomic E-state index is 12.4. The Balaban J connectivity index is 1.69. The predicted octanol–water partition coefficient (Wildman–Crippen LogP) is 0.640. The number of hydrogen-bond acceptors (Lipinski definition) is 6. The van der Waals surface area contributed by atoms with Gasteiger partial charge >= 0.3 is 0 Å². The van der Waals surface area contributed by atoms with Crippen LogP contribution < -0.4 is 9.62 Å². The van der Waals surface area contributed by atoms with Crippen LogP contribution in [-0.2, 0) is 16.6 Å². The molecule has 1 fully saturated rings. The van der Waals surface area contributed by atoms with E-state index in [4.69, 9.17) is 0 Å². The van der Waals surface area contributed by atoms with Gasteiger partial charge in [0, 0.05) is 44.3 Å². The number of aromatic nitrogens is 4. The third-order valence-corrected chi connectivity index (χ3v) is 5.23. The molecule has 1 saturated heterocycles. The van der Waals surface area contributed by atoms with Crippen molar-refractivity contribution in [3.8, 4) is 0 Å². The zero-order chi connectivity index (χ0) is 16.3. The molecule has 0 bridgehead atoms. The van der Waals surface area contributed by atoms with Crippen LogP contribution in [0.15, 0.2) is 36.0 Å². The third kappa shape index (κ3) is 3.67. The lowest BCUT2D eigenvalue weighted by Crippen LogP contribution is -2.48. The summed E-state index contributed by atoms with van der Waals surface area (Å²) in [6.45, 7) is 4.00. The molecule has 3 rings (SSSR count). The molecule has 0 amide bonds. The molecule has 2 aromatic rings. The molecule has 1 atom stereocenters. The topological polar surface area (TPSA) is 93.0 Å². The fourth-order valence-electron chi connectivity index (χ4n) is 2.64. The highest BCUT2D eigenvalue weighted by Crippen LogP contribution is 2.17. The van der Waals surface area contributed by atoms with Crippen LogP contribution in [0.5, 0.6) is 0 Å². The Morgan fingerprint density at radius 1 is 1.30 bits per heavy atom. The quantitative estimate of drug-likeness (QED) is 0.861. The lowest BCUT2D eigenvalue weighted by molar-refractivity contribution is 0.461. The Labute approximate surface area is 135 Å². The van der Waals surface area contributed by atoms with E-state index < -0.39 is 10.0 Å². The Morgan fingerprint density at radius 3 is 2.78 bits per heavy atom. The minimum absolute atomic E-state index is 0.0624. The maximum atomic E-state index is 12.4. The van der Waals surface area contributed by atoms with E-state index in [1.54, 1.807) is 29.2 Å². The first-order chi connectivity index (χ1) is 11.1. The summed E-state index contributed by atoms with van der Waals surface area (Å²) in [7, 11) is -3.60. The fraction of sp³-hybridized carbons (Fsp3) is 0.500. The van der Waals surface area contributed by atoms with Crippen molar-refractivity contribution in [2.75, 3.05) is 18.0 Å². The third-order valence-electron chi connectivity index (χ3n) is 3.83. The fourth-order valence-corrected chi connectivity index (χ4v) is 3.85. The summed E-state index contributed by atoms with van der Waals surface area (Å²) >= 11 is 0. The van der Waals surface area contributed by atoms with Crippen LogP contribution in [0.2, 0.25) is 0 Å². The summed E-state index contributed by atoms with van der Waals surface area (Å²) < 4.78 is 29.4. The van der Waals surface area contributed by atoms with Gasteiger partial charge in [-0.05, 0) is 25.8 Å². The molecule has 0 aliphatic carbocycles. The van der Waals surface area contributed by atoms with E-state index in [9.17, 15) is 8.42 Å². The molecule has 23 heavy (non-hydrogen) atoms. The Kier molecular flexibility index (Phi) is 4.58. The highest BCUT2D eigenvalue weighted by atomic mass is 32.2. The van der Waals surface area contributed by atoms with Gasteiger partial charge in [0.25, 0.3) is 10.0 Å². The molecule has 9 heteroatoms. The number of piperidine rings is 1. The number of rotatable bonds is 5. The van der Waals surface area contributed by atoms with Gasteiger partial charge in [-0.15, -0.1) is 0 Å². The Bertz CT molecular complexity index is 746. The number of sulfonamides is 1. The molecule has 3 heterocycles. The lowest BCUT2D eigenvalue weighted by Gasteiger charge is -2.32. The summed E-state index contributed by atoms with van der Waals surface area (Å²) in [5.74, 6) is 0.631. The van der Waals surface area contributed by atoms with E-state index >= 15 is 0 Å². The van der Waals surface area contributed by atoms with Crippen LogP contribution in [0.1, 0.15) is 19.8 Å². The van der Waals surface area contributed by atoms with E-state index in [0.29, 0.717) is 19.0 Å². The van der Waals surface area contributed by atoms with Crippen LogP contribution in [0.4, 0.5) is 5.95 Å². The van der Waals surface area contributed by atoms with Gasteiger partial charge in [0.2, 0.25) is 5.95 Å². The van der Waals surface area contributed by atoms with E-state index in [-0.39, 0.29) is 11.1 Å². The molecule has 0 radical (unpaired) electrons. The van der Waals surface area contributed by atoms with Gasteiger partial charge in [0.05, 0.1) is 6.33 Å². The summed E-state index contributed by atoms with van der Waals surface area (Å²) in [5, 5.41) is 0.0624. The van der Waals surface area contributed by atoms with Crippen LogP contribution >= 0.6 is 0 Å². The minimum Gasteiger partial charge on any atom is -0.339 e. The average Bonchev–Trinajstić information content (AvgIpc) is 3.06. The van der Waals surface area contributed by atoms with Crippen LogP contribution in [0.3, 0.4) is 0 Å². The SMILES string of the molecule is CCn1cnc(S(=O)(=O)NC2CCCN(c3ncccn3)C2)c1. The molecule has 1 unspecified atom stereocenters. The number of imidazole rings is 1. The lowest BCUT2D eigenvalue weighted by atomic mass is 10.1. The first-order valence-corrected chi connectivity index (χ1v) is 9.13. The van der Waals surface area contributed by atoms with Gasteiger partial charge in [0.15, 0.2) is 5.03 Å². The van der Waals surface area contributed by atoms with E-state index in [1.165, 1.54) is 6.33 Å². The summed E-state index contributed by atoms with van der Waals surface area (Å²) in [5.41, 5.74) is 0. The van der Waals surface area contributed by atoms with E-state index in [2.05, 4.69) is 19.7 Å². The molecule has 0 aromatic carbocycles. The molecule has 2 aromatic heterocycles. The second kappa shape index (κ2) is 6.63. The largest absolute Gasteiger partial charge is 0.339 e. The Hall–Kier alpha value is -2.00. The van der Waals surface area contributed by atoms with Crippen LogP contribution in [-0.4, -0.2) is 47.1 Å². The molecule has 1 aliphatic rings. The van der Waals surface area contributed by atoms with Gasteiger partial charge in [-0.1, -0.05) is 0 Å². The first-order valence-electron chi connectivity index (χ1n) is 7.64. The van der Waals surface area contributed by atoms with Crippen molar-refractivity contribution in [1.82, 2.24) is 24.2 Å². The summed E-state index contributed by atoms with van der Waals surface area (Å²) in [4.78, 5) is 14.4. The number of hydrogen-bond donors (Lipinski definition) is 1. The van der Waals surface area contributed by atoms with Gasteiger partial charge in [-0.2, -0.15) is 0 Å². The molecule has 0 saturated carbocycles. The first kappa shape index (κ1) is 15.9. The van der Waals surface area contributed by atoms with Gasteiger partial charge in [-0.25, -0.2) is 28.1 Å². The zero-order valence-corrected chi connectivity index (χ0v) is 13.8. The molecular formula is C14H20N6O2S. The number of anilines is 1. The second-order valence-corrected chi connectivity index (χ2v) is 7.16. The maximum Gasteiger partial charge on any atom is 0.259 e. The molecule has 8 nitrogen and oxygen atoms in total. The van der Waals surface area contributed by atoms with Crippen molar-refractivity contribution in [2.24, 2.45) is 0 Å². The molecular weight excluding hydrogens is 316 g/mol. The standard InChI is InChI=1S/C14H20N6O2S/c1-2-19-10-13(17-11-19)23(21,22)18-12-5-3-8-20(9-12)14-15-6-4-7-16-14/h4,6-7,10-12,18H,2-3,5,8-9H2,1H3.